The number of anilines is 1. The van der Waals surface area contributed by atoms with Gasteiger partial charge in [-0.1, -0.05) is 18.6 Å². The normalized spacial score (nSPS) is 16.7. The van der Waals surface area contributed by atoms with Crippen LogP contribution in [0.2, 0.25) is 0 Å². The van der Waals surface area contributed by atoms with Gasteiger partial charge < -0.3 is 9.88 Å². The van der Waals surface area contributed by atoms with Gasteiger partial charge in [-0.15, -0.1) is 33.7 Å². The fraction of sp³-hybridized carbons (Fsp3) is 0.348. The predicted molar refractivity (Wildman–Crippen MR) is 125 cm³/mol. The second-order valence-electron chi connectivity index (χ2n) is 7.75. The minimum Gasteiger partial charge on any atom is -0.322 e. The molecule has 1 aromatic heterocycles. The van der Waals surface area contributed by atoms with E-state index in [2.05, 4.69) is 15.5 Å². The molecular weight excluding hydrogens is 431 g/mol. The minimum absolute atomic E-state index is 0.212. The van der Waals surface area contributed by atoms with Crippen molar-refractivity contribution in [3.8, 4) is 11.4 Å². The molecule has 0 bridgehead atoms. The molecule has 1 amide bonds. The van der Waals surface area contributed by atoms with Crippen molar-refractivity contribution < 1.29 is 9.18 Å². The summed E-state index contributed by atoms with van der Waals surface area (Å²) in [7, 11) is 0. The van der Waals surface area contributed by atoms with Gasteiger partial charge in [-0.2, -0.15) is 0 Å². The Kier molecular flexibility index (Phi) is 6.00. The van der Waals surface area contributed by atoms with Gasteiger partial charge in [0.15, 0.2) is 5.82 Å². The Morgan fingerprint density at radius 1 is 1.03 bits per heavy atom. The van der Waals surface area contributed by atoms with E-state index in [-0.39, 0.29) is 11.7 Å². The average Bonchev–Trinajstić information content (AvgIpc) is 3.41. The zero-order chi connectivity index (χ0) is 21.2. The topological polar surface area (TPSA) is 59.8 Å². The molecule has 0 spiro atoms. The number of nitrogens with zero attached hydrogens (tertiary/aromatic N) is 3. The summed E-state index contributed by atoms with van der Waals surface area (Å²) in [6.07, 6.45) is 4.11. The number of nitrogens with one attached hydrogen (secondary N) is 1. The highest BCUT2D eigenvalue weighted by atomic mass is 32.2. The SMILES string of the molecule is O=C(Nc1ccc(F)c(-c2nnc3n2CCCCC3)c1)c1ccc(C2SCCS2)cc1. The fourth-order valence-corrected chi connectivity index (χ4v) is 6.86. The third kappa shape index (κ3) is 4.36. The summed E-state index contributed by atoms with van der Waals surface area (Å²) in [6.45, 7) is 0.789. The quantitative estimate of drug-likeness (QED) is 0.561. The highest BCUT2D eigenvalue weighted by Gasteiger charge is 2.20. The molecule has 0 radical (unpaired) electrons. The van der Waals surface area contributed by atoms with Gasteiger partial charge in [0.1, 0.15) is 11.6 Å². The van der Waals surface area contributed by atoms with Crippen molar-refractivity contribution in [2.24, 2.45) is 0 Å². The van der Waals surface area contributed by atoms with Crippen molar-refractivity contribution in [3.05, 3.63) is 65.2 Å². The molecule has 0 atom stereocenters. The largest absolute Gasteiger partial charge is 0.322 e. The maximum Gasteiger partial charge on any atom is 0.255 e. The van der Waals surface area contributed by atoms with Gasteiger partial charge in [0.25, 0.3) is 5.91 Å². The van der Waals surface area contributed by atoms with Crippen LogP contribution in [0.4, 0.5) is 10.1 Å². The first kappa shape index (κ1) is 20.6. The number of carbonyl (C=O) groups excluding carboxylic acids is 1. The first-order valence-electron chi connectivity index (χ1n) is 10.6. The van der Waals surface area contributed by atoms with Gasteiger partial charge in [-0.05, 0) is 48.7 Å². The van der Waals surface area contributed by atoms with Crippen LogP contribution in [0.1, 0.15) is 45.6 Å². The predicted octanol–water partition coefficient (Wildman–Crippen LogP) is 5.54. The number of aryl methyl sites for hydroxylation is 1. The van der Waals surface area contributed by atoms with E-state index in [1.807, 2.05) is 52.4 Å². The number of thioether (sulfide) groups is 2. The lowest BCUT2D eigenvalue weighted by atomic mass is 10.1. The molecule has 0 unspecified atom stereocenters. The number of aromatic nitrogens is 3. The van der Waals surface area contributed by atoms with Gasteiger partial charge in [0, 0.05) is 35.7 Å². The number of benzene rings is 2. The molecule has 3 heterocycles. The molecule has 2 aliphatic rings. The lowest BCUT2D eigenvalue weighted by Gasteiger charge is -2.11. The van der Waals surface area contributed by atoms with Gasteiger partial charge in [0.05, 0.1) is 10.1 Å². The van der Waals surface area contributed by atoms with Gasteiger partial charge >= 0.3 is 0 Å². The zero-order valence-corrected chi connectivity index (χ0v) is 18.6. The van der Waals surface area contributed by atoms with E-state index < -0.39 is 0 Å². The molecule has 8 heteroatoms. The molecule has 2 aromatic carbocycles. The van der Waals surface area contributed by atoms with E-state index in [1.54, 1.807) is 12.1 Å². The van der Waals surface area contributed by atoms with Crippen LogP contribution in [-0.2, 0) is 13.0 Å². The highest BCUT2D eigenvalue weighted by molar-refractivity contribution is 8.19. The summed E-state index contributed by atoms with van der Waals surface area (Å²) in [5, 5.41) is 11.4. The van der Waals surface area contributed by atoms with Crippen LogP contribution in [0.5, 0.6) is 0 Å². The van der Waals surface area contributed by atoms with Crippen molar-refractivity contribution in [1.82, 2.24) is 14.8 Å². The summed E-state index contributed by atoms with van der Waals surface area (Å²) in [5.41, 5.74) is 2.72. The summed E-state index contributed by atoms with van der Waals surface area (Å²) in [4.78, 5) is 12.8. The summed E-state index contributed by atoms with van der Waals surface area (Å²) < 4.78 is 17.1. The Balaban J connectivity index is 1.36. The standard InChI is InChI=1S/C23H23FN4OS2/c24-19-10-9-17(14-18(19)21-27-26-20-4-2-1-3-11-28(20)21)25-22(29)15-5-7-16(8-6-15)23-30-12-13-31-23/h5-10,14,23H,1-4,11-13H2,(H,25,29). The third-order valence-electron chi connectivity index (χ3n) is 5.64. The van der Waals surface area contributed by atoms with Crippen molar-refractivity contribution in [1.29, 1.82) is 0 Å². The average molecular weight is 455 g/mol. The van der Waals surface area contributed by atoms with E-state index in [1.165, 1.54) is 23.1 Å². The van der Waals surface area contributed by atoms with Crippen molar-refractivity contribution >= 4 is 35.1 Å². The Morgan fingerprint density at radius 3 is 2.65 bits per heavy atom. The third-order valence-corrected chi connectivity index (χ3v) is 8.75. The second kappa shape index (κ2) is 9.04. The Morgan fingerprint density at radius 2 is 1.84 bits per heavy atom. The van der Waals surface area contributed by atoms with E-state index in [0.29, 0.717) is 27.2 Å². The van der Waals surface area contributed by atoms with Crippen LogP contribution >= 0.6 is 23.5 Å². The molecule has 5 nitrogen and oxygen atoms in total. The smallest absolute Gasteiger partial charge is 0.255 e. The molecule has 0 saturated carbocycles. The molecule has 3 aromatic rings. The highest BCUT2D eigenvalue weighted by Crippen LogP contribution is 2.45. The lowest BCUT2D eigenvalue weighted by Crippen LogP contribution is -2.12. The minimum atomic E-state index is -0.367. The molecule has 1 N–H and O–H groups in total. The van der Waals surface area contributed by atoms with Crippen LogP contribution in [0.15, 0.2) is 42.5 Å². The number of hydrogen-bond donors (Lipinski definition) is 1. The van der Waals surface area contributed by atoms with Crippen LogP contribution in [0.25, 0.3) is 11.4 Å². The van der Waals surface area contributed by atoms with Crippen molar-refractivity contribution in [3.63, 3.8) is 0 Å². The van der Waals surface area contributed by atoms with Crippen LogP contribution in [0.3, 0.4) is 0 Å². The van der Waals surface area contributed by atoms with Crippen LogP contribution in [-0.4, -0.2) is 32.2 Å². The first-order valence-corrected chi connectivity index (χ1v) is 12.7. The van der Waals surface area contributed by atoms with Crippen molar-refractivity contribution in [2.45, 2.75) is 36.8 Å². The number of amides is 1. The Bertz CT molecular complexity index is 1090. The first-order chi connectivity index (χ1) is 15.2. The van der Waals surface area contributed by atoms with Gasteiger partial charge in [-0.25, -0.2) is 4.39 Å². The Labute approximate surface area is 189 Å². The molecular formula is C23H23FN4OS2. The number of hydrogen-bond acceptors (Lipinski definition) is 5. The maximum absolute atomic E-state index is 14.7. The van der Waals surface area contributed by atoms with Crippen LogP contribution in [0, 0.1) is 5.82 Å². The molecule has 31 heavy (non-hydrogen) atoms. The number of halogens is 1. The fourth-order valence-electron chi connectivity index (χ4n) is 4.00. The maximum atomic E-state index is 14.7. The monoisotopic (exact) mass is 454 g/mol. The molecule has 5 rings (SSSR count). The summed E-state index contributed by atoms with van der Waals surface area (Å²) in [6, 6.07) is 12.4. The van der Waals surface area contributed by atoms with E-state index >= 15 is 0 Å². The Hall–Kier alpha value is -2.32. The molecule has 0 aliphatic carbocycles. The molecule has 160 valence electrons. The second-order valence-corrected chi connectivity index (χ2v) is 10.5. The molecule has 2 aliphatic heterocycles. The van der Waals surface area contributed by atoms with Gasteiger partial charge in [0.2, 0.25) is 0 Å². The zero-order valence-electron chi connectivity index (χ0n) is 17.0. The lowest BCUT2D eigenvalue weighted by molar-refractivity contribution is 0.102. The van der Waals surface area contributed by atoms with E-state index in [0.717, 1.165) is 38.1 Å². The molecule has 1 fully saturated rings. The van der Waals surface area contributed by atoms with E-state index in [9.17, 15) is 9.18 Å². The van der Waals surface area contributed by atoms with Crippen molar-refractivity contribution in [2.75, 3.05) is 16.8 Å². The van der Waals surface area contributed by atoms with Gasteiger partial charge in [-0.3, -0.25) is 4.79 Å². The molecule has 1 saturated heterocycles. The number of rotatable bonds is 4. The number of carbonyl (C=O) groups is 1. The number of fused-ring (bicyclic) bond motifs is 1. The van der Waals surface area contributed by atoms with E-state index in [4.69, 9.17) is 0 Å². The summed E-state index contributed by atoms with van der Waals surface area (Å²) in [5.74, 6) is 3.19. The summed E-state index contributed by atoms with van der Waals surface area (Å²) >= 11 is 3.88. The van der Waals surface area contributed by atoms with Crippen LogP contribution < -0.4 is 5.32 Å².